The average Bonchev–Trinajstić information content (AvgIpc) is 2.60. The van der Waals surface area contributed by atoms with Crippen molar-refractivity contribution in [2.45, 2.75) is 12.8 Å². The number of amides is 2. The molecule has 138 valence electrons. The third-order valence-electron chi connectivity index (χ3n) is 3.37. The Labute approximate surface area is 152 Å². The summed E-state index contributed by atoms with van der Waals surface area (Å²) in [5.74, 6) is -0.345. The fraction of sp³-hybridized carbons (Fsp3) is 0.222. The highest BCUT2D eigenvalue weighted by molar-refractivity contribution is 7.92. The molecule has 0 atom stereocenters. The third kappa shape index (κ3) is 6.94. The molecule has 0 heterocycles. The predicted molar refractivity (Wildman–Crippen MR) is 102 cm³/mol. The zero-order valence-corrected chi connectivity index (χ0v) is 15.2. The molecule has 0 aromatic heterocycles. The van der Waals surface area contributed by atoms with Gasteiger partial charge < -0.3 is 10.6 Å². The number of nitrogens with one attached hydrogen (secondary N) is 3. The maximum Gasteiger partial charge on any atom is 0.251 e. The molecular weight excluding hydrogens is 354 g/mol. The summed E-state index contributed by atoms with van der Waals surface area (Å²) >= 11 is 0. The van der Waals surface area contributed by atoms with Gasteiger partial charge in [0.1, 0.15) is 0 Å². The molecule has 2 aromatic rings. The summed E-state index contributed by atoms with van der Waals surface area (Å²) in [4.78, 5) is 23.8. The van der Waals surface area contributed by atoms with Crippen molar-refractivity contribution in [3.8, 4) is 0 Å². The Balaban J connectivity index is 1.71. The summed E-state index contributed by atoms with van der Waals surface area (Å²) < 4.78 is 24.6. The van der Waals surface area contributed by atoms with Crippen LogP contribution in [0.4, 0.5) is 11.4 Å². The Kier molecular flexibility index (Phi) is 6.74. The van der Waals surface area contributed by atoms with Gasteiger partial charge in [0.2, 0.25) is 15.9 Å². The second-order valence-corrected chi connectivity index (χ2v) is 7.47. The van der Waals surface area contributed by atoms with E-state index in [2.05, 4.69) is 15.4 Å². The largest absolute Gasteiger partial charge is 0.352 e. The molecule has 2 aromatic carbocycles. The second kappa shape index (κ2) is 9.00. The third-order valence-corrected chi connectivity index (χ3v) is 3.98. The minimum absolute atomic E-state index is 0.167. The lowest BCUT2D eigenvalue weighted by Crippen LogP contribution is -2.25. The highest BCUT2D eigenvalue weighted by Gasteiger charge is 2.06. The summed E-state index contributed by atoms with van der Waals surface area (Å²) in [7, 11) is -3.33. The Hall–Kier alpha value is -2.87. The van der Waals surface area contributed by atoms with E-state index in [0.29, 0.717) is 29.9 Å². The van der Waals surface area contributed by atoms with E-state index in [1.54, 1.807) is 48.5 Å². The minimum atomic E-state index is -3.33. The Morgan fingerprint density at radius 2 is 1.54 bits per heavy atom. The molecule has 0 fully saturated rings. The van der Waals surface area contributed by atoms with Crippen molar-refractivity contribution >= 4 is 33.2 Å². The van der Waals surface area contributed by atoms with Crippen molar-refractivity contribution < 1.29 is 18.0 Å². The Morgan fingerprint density at radius 1 is 0.923 bits per heavy atom. The van der Waals surface area contributed by atoms with Gasteiger partial charge in [0.15, 0.2) is 0 Å². The van der Waals surface area contributed by atoms with Crippen LogP contribution in [0.15, 0.2) is 54.6 Å². The number of carbonyl (C=O) groups is 2. The number of hydrogen-bond donors (Lipinski definition) is 3. The lowest BCUT2D eigenvalue weighted by Gasteiger charge is -2.08. The first-order chi connectivity index (χ1) is 12.3. The quantitative estimate of drug-likeness (QED) is 0.615. The summed E-state index contributed by atoms with van der Waals surface area (Å²) in [6, 6.07) is 15.2. The van der Waals surface area contributed by atoms with E-state index >= 15 is 0 Å². The van der Waals surface area contributed by atoms with Crippen molar-refractivity contribution in [3.05, 3.63) is 60.2 Å². The van der Waals surface area contributed by atoms with Gasteiger partial charge in [0.25, 0.3) is 5.91 Å². The average molecular weight is 375 g/mol. The van der Waals surface area contributed by atoms with Crippen LogP contribution in [0.25, 0.3) is 0 Å². The summed E-state index contributed by atoms with van der Waals surface area (Å²) in [5.41, 5.74) is 1.58. The van der Waals surface area contributed by atoms with Gasteiger partial charge in [-0.05, 0) is 42.8 Å². The molecule has 0 radical (unpaired) electrons. The number of carbonyl (C=O) groups excluding carboxylic acids is 2. The maximum atomic E-state index is 11.9. The number of rotatable bonds is 8. The molecule has 2 amide bonds. The van der Waals surface area contributed by atoms with Gasteiger partial charge in [-0.25, -0.2) is 8.42 Å². The van der Waals surface area contributed by atoms with Crippen molar-refractivity contribution in [1.29, 1.82) is 0 Å². The molecule has 0 saturated carbocycles. The second-order valence-electron chi connectivity index (χ2n) is 5.73. The van der Waals surface area contributed by atoms with Crippen LogP contribution >= 0.6 is 0 Å². The van der Waals surface area contributed by atoms with E-state index < -0.39 is 10.0 Å². The lowest BCUT2D eigenvalue weighted by molar-refractivity contribution is -0.116. The van der Waals surface area contributed by atoms with Crippen molar-refractivity contribution in [1.82, 2.24) is 5.32 Å². The van der Waals surface area contributed by atoms with Crippen LogP contribution < -0.4 is 15.4 Å². The van der Waals surface area contributed by atoms with E-state index in [1.165, 1.54) is 0 Å². The molecule has 8 heteroatoms. The number of benzene rings is 2. The van der Waals surface area contributed by atoms with Crippen LogP contribution in [0.2, 0.25) is 0 Å². The first-order valence-electron chi connectivity index (χ1n) is 8.04. The van der Waals surface area contributed by atoms with Crippen molar-refractivity contribution in [2.24, 2.45) is 0 Å². The molecule has 0 spiro atoms. The number of anilines is 2. The molecule has 3 N–H and O–H groups in total. The molecule has 0 aliphatic heterocycles. The molecular formula is C18H21N3O4S. The van der Waals surface area contributed by atoms with E-state index in [0.717, 1.165) is 6.26 Å². The van der Waals surface area contributed by atoms with Crippen LogP contribution in [-0.4, -0.2) is 33.0 Å². The first-order valence-corrected chi connectivity index (χ1v) is 9.93. The van der Waals surface area contributed by atoms with Crippen LogP contribution in [0.3, 0.4) is 0 Å². The fourth-order valence-electron chi connectivity index (χ4n) is 2.20. The van der Waals surface area contributed by atoms with Crippen molar-refractivity contribution in [3.63, 3.8) is 0 Å². The SMILES string of the molecule is CS(=O)(=O)Nc1ccc(NC(=O)CCCNC(=O)c2ccccc2)cc1. The highest BCUT2D eigenvalue weighted by atomic mass is 32.2. The minimum Gasteiger partial charge on any atom is -0.352 e. The monoisotopic (exact) mass is 375 g/mol. The smallest absolute Gasteiger partial charge is 0.251 e. The van der Waals surface area contributed by atoms with E-state index in [4.69, 9.17) is 0 Å². The van der Waals surface area contributed by atoms with E-state index in [-0.39, 0.29) is 18.2 Å². The Bertz CT molecular complexity index is 850. The number of sulfonamides is 1. The first kappa shape index (κ1) is 19.5. The summed E-state index contributed by atoms with van der Waals surface area (Å²) in [5, 5.41) is 5.49. The zero-order chi connectivity index (χ0) is 19.0. The standard InChI is InChI=1S/C18H21N3O4S/c1-26(24,25)21-16-11-9-15(10-12-16)20-17(22)8-5-13-19-18(23)14-6-3-2-4-7-14/h2-4,6-7,9-12,21H,5,8,13H2,1H3,(H,19,23)(H,20,22). The Morgan fingerprint density at radius 3 is 2.15 bits per heavy atom. The van der Waals surface area contributed by atoms with Crippen LogP contribution in [0.1, 0.15) is 23.2 Å². The van der Waals surface area contributed by atoms with E-state index in [1.807, 2.05) is 6.07 Å². The fourth-order valence-corrected chi connectivity index (χ4v) is 2.77. The van der Waals surface area contributed by atoms with E-state index in [9.17, 15) is 18.0 Å². The molecule has 7 nitrogen and oxygen atoms in total. The maximum absolute atomic E-state index is 11.9. The summed E-state index contributed by atoms with van der Waals surface area (Å²) in [6.45, 7) is 0.401. The topological polar surface area (TPSA) is 104 Å². The van der Waals surface area contributed by atoms with Gasteiger partial charge in [0.05, 0.1) is 6.26 Å². The molecule has 2 rings (SSSR count). The molecule has 0 aliphatic rings. The van der Waals surface area contributed by atoms with Crippen LogP contribution in [-0.2, 0) is 14.8 Å². The van der Waals surface area contributed by atoms with Gasteiger partial charge in [-0.15, -0.1) is 0 Å². The molecule has 26 heavy (non-hydrogen) atoms. The molecule has 0 bridgehead atoms. The predicted octanol–water partition coefficient (Wildman–Crippen LogP) is 2.21. The van der Waals surface area contributed by atoms with Gasteiger partial charge >= 0.3 is 0 Å². The molecule has 0 saturated heterocycles. The van der Waals surface area contributed by atoms with Gasteiger partial charge in [-0.3, -0.25) is 14.3 Å². The van der Waals surface area contributed by atoms with Gasteiger partial charge in [-0.1, -0.05) is 18.2 Å². The zero-order valence-electron chi connectivity index (χ0n) is 14.4. The van der Waals surface area contributed by atoms with Crippen LogP contribution in [0.5, 0.6) is 0 Å². The molecule has 0 unspecified atom stereocenters. The van der Waals surface area contributed by atoms with Gasteiger partial charge in [-0.2, -0.15) is 0 Å². The molecule has 0 aliphatic carbocycles. The summed E-state index contributed by atoms with van der Waals surface area (Å²) in [6.07, 6.45) is 1.84. The normalized spacial score (nSPS) is 10.8. The highest BCUT2D eigenvalue weighted by Crippen LogP contribution is 2.14. The van der Waals surface area contributed by atoms with Crippen LogP contribution in [0, 0.1) is 0 Å². The number of hydrogen-bond acceptors (Lipinski definition) is 4. The lowest BCUT2D eigenvalue weighted by atomic mass is 10.2. The van der Waals surface area contributed by atoms with Crippen molar-refractivity contribution in [2.75, 3.05) is 22.8 Å². The van der Waals surface area contributed by atoms with Gasteiger partial charge in [0, 0.05) is 29.9 Å².